The fourth-order valence-corrected chi connectivity index (χ4v) is 3.10. The highest BCUT2D eigenvalue weighted by molar-refractivity contribution is 5.91. The first-order valence-corrected chi connectivity index (χ1v) is 8.88. The number of ether oxygens (including phenoxy) is 1. The van der Waals surface area contributed by atoms with Gasteiger partial charge in [-0.25, -0.2) is 4.98 Å². The summed E-state index contributed by atoms with van der Waals surface area (Å²) in [5.41, 5.74) is 2.34. The van der Waals surface area contributed by atoms with Gasteiger partial charge in [0.25, 0.3) is 5.56 Å². The van der Waals surface area contributed by atoms with E-state index in [0.29, 0.717) is 33.8 Å². The van der Waals surface area contributed by atoms with Crippen molar-refractivity contribution in [3.63, 3.8) is 0 Å². The van der Waals surface area contributed by atoms with Crippen LogP contribution in [0.4, 0.5) is 0 Å². The number of nitrogens with zero attached hydrogens (tertiary/aromatic N) is 4. The van der Waals surface area contributed by atoms with Crippen molar-refractivity contribution in [1.82, 2.24) is 14.5 Å². The van der Waals surface area contributed by atoms with Gasteiger partial charge >= 0.3 is 0 Å². The van der Waals surface area contributed by atoms with E-state index in [0.717, 1.165) is 5.39 Å². The first-order valence-electron chi connectivity index (χ1n) is 8.88. The summed E-state index contributed by atoms with van der Waals surface area (Å²) in [6, 6.07) is 18.3. The highest BCUT2D eigenvalue weighted by atomic mass is 16.5. The Morgan fingerprint density at radius 3 is 2.62 bits per heavy atom. The van der Waals surface area contributed by atoms with Crippen LogP contribution in [-0.4, -0.2) is 21.6 Å². The summed E-state index contributed by atoms with van der Waals surface area (Å²) in [7, 11) is 1.59. The minimum absolute atomic E-state index is 0.266. The molecule has 0 atom stereocenters. The number of fused-ring (bicyclic) bond motifs is 1. The van der Waals surface area contributed by atoms with Gasteiger partial charge in [-0.2, -0.15) is 5.26 Å². The zero-order chi connectivity index (χ0) is 20.2. The predicted molar refractivity (Wildman–Crippen MR) is 112 cm³/mol. The molecule has 0 fully saturated rings. The van der Waals surface area contributed by atoms with Crippen LogP contribution in [0.25, 0.3) is 28.4 Å². The Kier molecular flexibility index (Phi) is 4.87. The number of pyridine rings is 3. The van der Waals surface area contributed by atoms with Crippen LogP contribution >= 0.6 is 0 Å². The van der Waals surface area contributed by atoms with E-state index in [-0.39, 0.29) is 5.56 Å². The molecule has 0 aliphatic rings. The molecule has 1 aromatic carbocycles. The summed E-state index contributed by atoms with van der Waals surface area (Å²) in [5.74, 6) is 0.693. The summed E-state index contributed by atoms with van der Waals surface area (Å²) in [4.78, 5) is 21.8. The standard InChI is InChI=1S/C23H16N4O2/c1-29-21-8-6-20(7-9-21)27-22-16(4-3-11-26-22)12-18(23(27)28)13-19(14-24)17-5-2-10-25-15-17/h2-13,15H,1H3/b19-13+. The van der Waals surface area contributed by atoms with Crippen molar-refractivity contribution in [1.29, 1.82) is 5.26 Å². The maximum Gasteiger partial charge on any atom is 0.264 e. The number of hydrogen-bond acceptors (Lipinski definition) is 5. The van der Waals surface area contributed by atoms with E-state index in [9.17, 15) is 10.1 Å². The zero-order valence-electron chi connectivity index (χ0n) is 15.6. The normalized spacial score (nSPS) is 11.2. The summed E-state index contributed by atoms with van der Waals surface area (Å²) in [6.45, 7) is 0. The van der Waals surface area contributed by atoms with E-state index in [1.807, 2.05) is 12.1 Å². The Labute approximate surface area is 167 Å². The van der Waals surface area contributed by atoms with Gasteiger partial charge in [0.2, 0.25) is 0 Å². The lowest BCUT2D eigenvalue weighted by Gasteiger charge is -2.12. The second-order valence-electron chi connectivity index (χ2n) is 6.27. The third-order valence-corrected chi connectivity index (χ3v) is 4.51. The quantitative estimate of drug-likeness (QED) is 0.502. The molecule has 3 aromatic heterocycles. The molecule has 0 radical (unpaired) electrons. The lowest BCUT2D eigenvalue weighted by Crippen LogP contribution is -2.21. The van der Waals surface area contributed by atoms with Crippen molar-refractivity contribution in [3.8, 4) is 17.5 Å². The van der Waals surface area contributed by atoms with Crippen molar-refractivity contribution in [3.05, 3.63) is 94.7 Å². The topological polar surface area (TPSA) is 80.8 Å². The Hall–Kier alpha value is -4.24. The number of nitriles is 1. The molecule has 0 N–H and O–H groups in total. The highest BCUT2D eigenvalue weighted by Gasteiger charge is 2.12. The van der Waals surface area contributed by atoms with Gasteiger partial charge in [-0.05, 0) is 54.6 Å². The summed E-state index contributed by atoms with van der Waals surface area (Å²) >= 11 is 0. The van der Waals surface area contributed by atoms with Crippen LogP contribution in [-0.2, 0) is 0 Å². The van der Waals surface area contributed by atoms with Crippen LogP contribution < -0.4 is 10.3 Å². The maximum atomic E-state index is 13.3. The number of rotatable bonds is 4. The van der Waals surface area contributed by atoms with Crippen LogP contribution in [0.5, 0.6) is 5.75 Å². The van der Waals surface area contributed by atoms with Crippen LogP contribution in [0, 0.1) is 11.3 Å². The van der Waals surface area contributed by atoms with Gasteiger partial charge in [-0.15, -0.1) is 0 Å². The SMILES string of the molecule is COc1ccc(-n2c(=O)c(/C=C(\C#N)c3cccnc3)cc3cccnc32)cc1. The molecule has 0 amide bonds. The molecule has 140 valence electrons. The van der Waals surface area contributed by atoms with Crippen molar-refractivity contribution < 1.29 is 4.74 Å². The molecule has 29 heavy (non-hydrogen) atoms. The average Bonchev–Trinajstić information content (AvgIpc) is 2.78. The Bertz CT molecular complexity index is 1300. The van der Waals surface area contributed by atoms with Gasteiger partial charge in [-0.1, -0.05) is 6.07 Å². The molecule has 0 aliphatic carbocycles. The minimum atomic E-state index is -0.266. The lowest BCUT2D eigenvalue weighted by molar-refractivity contribution is 0.414. The van der Waals surface area contributed by atoms with E-state index >= 15 is 0 Å². The predicted octanol–water partition coefficient (Wildman–Crippen LogP) is 3.85. The van der Waals surface area contributed by atoms with Gasteiger partial charge in [0, 0.05) is 35.1 Å². The second-order valence-corrected chi connectivity index (χ2v) is 6.27. The molecule has 3 heterocycles. The fourth-order valence-electron chi connectivity index (χ4n) is 3.10. The molecule has 6 heteroatoms. The Morgan fingerprint density at radius 1 is 1.14 bits per heavy atom. The monoisotopic (exact) mass is 380 g/mol. The van der Waals surface area contributed by atoms with E-state index in [4.69, 9.17) is 4.74 Å². The van der Waals surface area contributed by atoms with Crippen LogP contribution in [0.1, 0.15) is 11.1 Å². The first-order chi connectivity index (χ1) is 14.2. The third-order valence-electron chi connectivity index (χ3n) is 4.51. The molecule has 0 unspecified atom stereocenters. The summed E-state index contributed by atoms with van der Waals surface area (Å²) in [6.07, 6.45) is 6.47. The number of methoxy groups -OCH3 is 1. The van der Waals surface area contributed by atoms with E-state index < -0.39 is 0 Å². The van der Waals surface area contributed by atoms with Gasteiger partial charge in [0.1, 0.15) is 11.4 Å². The molecular formula is C23H16N4O2. The molecule has 0 saturated heterocycles. The smallest absolute Gasteiger partial charge is 0.264 e. The van der Waals surface area contributed by atoms with Gasteiger partial charge in [-0.3, -0.25) is 14.3 Å². The second kappa shape index (κ2) is 7.79. The molecule has 0 aliphatic heterocycles. The Morgan fingerprint density at radius 2 is 1.93 bits per heavy atom. The summed E-state index contributed by atoms with van der Waals surface area (Å²) < 4.78 is 6.75. The van der Waals surface area contributed by atoms with E-state index in [1.165, 1.54) is 0 Å². The molecule has 0 spiro atoms. The van der Waals surface area contributed by atoms with E-state index in [2.05, 4.69) is 16.0 Å². The van der Waals surface area contributed by atoms with Crippen molar-refractivity contribution in [2.75, 3.05) is 7.11 Å². The van der Waals surface area contributed by atoms with Crippen LogP contribution in [0.15, 0.2) is 78.0 Å². The zero-order valence-corrected chi connectivity index (χ0v) is 15.6. The molecular weight excluding hydrogens is 364 g/mol. The number of aromatic nitrogens is 3. The van der Waals surface area contributed by atoms with Gasteiger partial charge < -0.3 is 4.74 Å². The lowest BCUT2D eigenvalue weighted by atomic mass is 10.1. The summed E-state index contributed by atoms with van der Waals surface area (Å²) in [5, 5.41) is 10.4. The number of benzene rings is 1. The average molecular weight is 380 g/mol. The molecule has 4 aromatic rings. The first kappa shape index (κ1) is 18.1. The van der Waals surface area contributed by atoms with Crippen molar-refractivity contribution in [2.45, 2.75) is 0 Å². The maximum absolute atomic E-state index is 13.3. The molecule has 0 saturated carbocycles. The van der Waals surface area contributed by atoms with Crippen LogP contribution in [0.3, 0.4) is 0 Å². The van der Waals surface area contributed by atoms with E-state index in [1.54, 1.807) is 78.8 Å². The van der Waals surface area contributed by atoms with Gasteiger partial charge in [0.15, 0.2) is 0 Å². The number of allylic oxidation sites excluding steroid dienone is 1. The molecule has 0 bridgehead atoms. The highest BCUT2D eigenvalue weighted by Crippen LogP contribution is 2.21. The Balaban J connectivity index is 1.97. The van der Waals surface area contributed by atoms with Crippen LogP contribution in [0.2, 0.25) is 0 Å². The largest absolute Gasteiger partial charge is 0.497 e. The molecule has 4 rings (SSSR count). The minimum Gasteiger partial charge on any atom is -0.497 e. The fraction of sp³-hybridized carbons (Fsp3) is 0.0435. The third kappa shape index (κ3) is 3.49. The van der Waals surface area contributed by atoms with Gasteiger partial charge in [0.05, 0.1) is 24.4 Å². The molecule has 6 nitrogen and oxygen atoms in total. The number of hydrogen-bond donors (Lipinski definition) is 0. The van der Waals surface area contributed by atoms with Crippen molar-refractivity contribution >= 4 is 22.7 Å². The van der Waals surface area contributed by atoms with Crippen molar-refractivity contribution in [2.24, 2.45) is 0 Å².